The monoisotopic (exact) mass is 222 g/mol. The number of anilines is 1. The first-order valence-corrected chi connectivity index (χ1v) is 5.29. The van der Waals surface area contributed by atoms with Gasteiger partial charge in [-0.1, -0.05) is 11.6 Å². The van der Waals surface area contributed by atoms with Gasteiger partial charge in [-0.05, 0) is 12.8 Å². The summed E-state index contributed by atoms with van der Waals surface area (Å²) in [4.78, 5) is 10.1. The van der Waals surface area contributed by atoms with Crippen molar-refractivity contribution in [3.63, 3.8) is 0 Å². The predicted octanol–water partition coefficient (Wildman–Crippen LogP) is 1.87. The van der Waals surface area contributed by atoms with Crippen molar-refractivity contribution in [1.29, 1.82) is 5.26 Å². The van der Waals surface area contributed by atoms with Crippen molar-refractivity contribution in [2.24, 2.45) is 5.92 Å². The van der Waals surface area contributed by atoms with Crippen molar-refractivity contribution in [3.05, 3.63) is 17.5 Å². The van der Waals surface area contributed by atoms with E-state index < -0.39 is 0 Å². The predicted molar refractivity (Wildman–Crippen MR) is 57.6 cm³/mol. The Morgan fingerprint density at radius 1 is 1.53 bits per heavy atom. The van der Waals surface area contributed by atoms with Crippen LogP contribution in [0.2, 0.25) is 5.15 Å². The fourth-order valence-corrected chi connectivity index (χ4v) is 1.93. The normalized spacial score (nSPS) is 21.1. The standard InChI is InChI=1S/C10H11ClN4/c11-9-4-10(14-7-13-9)15-3-1-2-8(5-12)6-15/h4,7-8H,1-3,6H2. The molecule has 0 radical (unpaired) electrons. The van der Waals surface area contributed by atoms with Crippen LogP contribution in [0.5, 0.6) is 0 Å². The van der Waals surface area contributed by atoms with Gasteiger partial charge in [-0.3, -0.25) is 0 Å². The van der Waals surface area contributed by atoms with Gasteiger partial charge in [0.1, 0.15) is 17.3 Å². The molecule has 15 heavy (non-hydrogen) atoms. The van der Waals surface area contributed by atoms with Gasteiger partial charge >= 0.3 is 0 Å². The zero-order valence-electron chi connectivity index (χ0n) is 8.23. The van der Waals surface area contributed by atoms with Crippen molar-refractivity contribution >= 4 is 17.4 Å². The molecule has 1 aromatic rings. The van der Waals surface area contributed by atoms with Gasteiger partial charge in [-0.25, -0.2) is 9.97 Å². The molecule has 0 amide bonds. The second-order valence-corrected chi connectivity index (χ2v) is 4.00. The molecule has 0 saturated carbocycles. The molecule has 1 atom stereocenters. The zero-order chi connectivity index (χ0) is 10.7. The van der Waals surface area contributed by atoms with Crippen LogP contribution in [0.15, 0.2) is 12.4 Å². The molecule has 0 bridgehead atoms. The number of hydrogen-bond acceptors (Lipinski definition) is 4. The highest BCUT2D eigenvalue weighted by Gasteiger charge is 2.20. The van der Waals surface area contributed by atoms with Crippen molar-refractivity contribution in [2.45, 2.75) is 12.8 Å². The number of nitrogens with zero attached hydrogens (tertiary/aromatic N) is 4. The van der Waals surface area contributed by atoms with Crippen molar-refractivity contribution < 1.29 is 0 Å². The third-order valence-corrected chi connectivity index (χ3v) is 2.75. The fraction of sp³-hybridized carbons (Fsp3) is 0.500. The van der Waals surface area contributed by atoms with E-state index in [0.717, 1.165) is 31.7 Å². The van der Waals surface area contributed by atoms with Crippen LogP contribution in [-0.4, -0.2) is 23.1 Å². The number of nitriles is 1. The maximum Gasteiger partial charge on any atom is 0.134 e. The molecule has 78 valence electrons. The highest BCUT2D eigenvalue weighted by molar-refractivity contribution is 6.29. The lowest BCUT2D eigenvalue weighted by Crippen LogP contribution is -2.35. The van der Waals surface area contributed by atoms with E-state index in [0.29, 0.717) is 5.15 Å². The van der Waals surface area contributed by atoms with Crippen molar-refractivity contribution in [3.8, 4) is 6.07 Å². The van der Waals surface area contributed by atoms with Crippen LogP contribution in [0, 0.1) is 17.2 Å². The highest BCUT2D eigenvalue weighted by Crippen LogP contribution is 2.21. The van der Waals surface area contributed by atoms with Crippen molar-refractivity contribution in [2.75, 3.05) is 18.0 Å². The van der Waals surface area contributed by atoms with Crippen LogP contribution in [-0.2, 0) is 0 Å². The number of hydrogen-bond donors (Lipinski definition) is 0. The molecular formula is C10H11ClN4. The smallest absolute Gasteiger partial charge is 0.134 e. The lowest BCUT2D eigenvalue weighted by atomic mass is 10.00. The van der Waals surface area contributed by atoms with Crippen LogP contribution >= 0.6 is 11.6 Å². The number of piperidine rings is 1. The molecule has 1 aliphatic rings. The third kappa shape index (κ3) is 2.37. The van der Waals surface area contributed by atoms with Crippen LogP contribution in [0.1, 0.15) is 12.8 Å². The Morgan fingerprint density at radius 3 is 3.13 bits per heavy atom. The second kappa shape index (κ2) is 4.45. The molecule has 1 fully saturated rings. The summed E-state index contributed by atoms with van der Waals surface area (Å²) in [5.74, 6) is 0.919. The first kappa shape index (κ1) is 10.2. The Hall–Kier alpha value is -1.34. The molecular weight excluding hydrogens is 212 g/mol. The Morgan fingerprint density at radius 2 is 2.40 bits per heavy atom. The van der Waals surface area contributed by atoms with Crippen LogP contribution < -0.4 is 4.90 Å². The third-order valence-electron chi connectivity index (χ3n) is 2.55. The van der Waals surface area contributed by atoms with Gasteiger partial charge in [0.25, 0.3) is 0 Å². The lowest BCUT2D eigenvalue weighted by Gasteiger charge is -2.30. The Balaban J connectivity index is 2.14. The van der Waals surface area contributed by atoms with Gasteiger partial charge in [0, 0.05) is 19.2 Å². The van der Waals surface area contributed by atoms with E-state index in [2.05, 4.69) is 20.9 Å². The molecule has 2 rings (SSSR count). The van der Waals surface area contributed by atoms with E-state index in [1.807, 2.05) is 0 Å². The Bertz CT molecular complexity index is 387. The van der Waals surface area contributed by atoms with Crippen LogP contribution in [0.25, 0.3) is 0 Å². The molecule has 0 N–H and O–H groups in total. The van der Waals surface area contributed by atoms with Gasteiger partial charge in [-0.2, -0.15) is 5.26 Å². The lowest BCUT2D eigenvalue weighted by molar-refractivity contribution is 0.490. The number of rotatable bonds is 1. The average molecular weight is 223 g/mol. The summed E-state index contributed by atoms with van der Waals surface area (Å²) in [5, 5.41) is 9.32. The van der Waals surface area contributed by atoms with E-state index in [1.165, 1.54) is 6.33 Å². The minimum Gasteiger partial charge on any atom is -0.355 e. The van der Waals surface area contributed by atoms with Gasteiger partial charge in [-0.15, -0.1) is 0 Å². The molecule has 0 aliphatic carbocycles. The molecule has 2 heterocycles. The van der Waals surface area contributed by atoms with Crippen LogP contribution in [0.4, 0.5) is 5.82 Å². The summed E-state index contributed by atoms with van der Waals surface area (Å²) in [6, 6.07) is 4.04. The first-order valence-electron chi connectivity index (χ1n) is 4.91. The van der Waals surface area contributed by atoms with Gasteiger partial charge in [0.05, 0.1) is 12.0 Å². The number of aromatic nitrogens is 2. The zero-order valence-corrected chi connectivity index (χ0v) is 8.98. The Labute approximate surface area is 93.5 Å². The second-order valence-electron chi connectivity index (χ2n) is 3.61. The van der Waals surface area contributed by atoms with E-state index in [1.54, 1.807) is 6.07 Å². The van der Waals surface area contributed by atoms with Gasteiger partial charge < -0.3 is 4.90 Å². The van der Waals surface area contributed by atoms with Gasteiger partial charge in [0.15, 0.2) is 0 Å². The first-order chi connectivity index (χ1) is 7.29. The topological polar surface area (TPSA) is 52.8 Å². The minimum atomic E-state index is 0.104. The highest BCUT2D eigenvalue weighted by atomic mass is 35.5. The van der Waals surface area contributed by atoms with E-state index >= 15 is 0 Å². The number of halogens is 1. The van der Waals surface area contributed by atoms with E-state index in [9.17, 15) is 0 Å². The molecule has 1 unspecified atom stereocenters. The molecule has 0 spiro atoms. The molecule has 1 aliphatic heterocycles. The van der Waals surface area contributed by atoms with Crippen LogP contribution in [0.3, 0.4) is 0 Å². The van der Waals surface area contributed by atoms with Crippen molar-refractivity contribution in [1.82, 2.24) is 9.97 Å². The molecule has 1 saturated heterocycles. The summed E-state index contributed by atoms with van der Waals surface area (Å²) in [5.41, 5.74) is 0. The summed E-state index contributed by atoms with van der Waals surface area (Å²) < 4.78 is 0. The quantitative estimate of drug-likeness (QED) is 0.681. The average Bonchev–Trinajstić information content (AvgIpc) is 2.29. The molecule has 1 aromatic heterocycles. The Kier molecular flexibility index (Phi) is 3.02. The molecule has 5 heteroatoms. The maximum absolute atomic E-state index is 8.87. The van der Waals surface area contributed by atoms with E-state index in [-0.39, 0.29) is 5.92 Å². The minimum absolute atomic E-state index is 0.104. The van der Waals surface area contributed by atoms with E-state index in [4.69, 9.17) is 16.9 Å². The largest absolute Gasteiger partial charge is 0.355 e. The summed E-state index contributed by atoms with van der Waals surface area (Å²) in [6.45, 7) is 1.68. The molecule has 4 nitrogen and oxygen atoms in total. The molecule has 0 aromatic carbocycles. The SMILES string of the molecule is N#CC1CCCN(c2cc(Cl)ncn2)C1. The summed E-state index contributed by atoms with van der Waals surface area (Å²) in [6.07, 6.45) is 3.46. The maximum atomic E-state index is 8.87. The van der Waals surface area contributed by atoms with Gasteiger partial charge in [0.2, 0.25) is 0 Å². The summed E-state index contributed by atoms with van der Waals surface area (Å²) in [7, 11) is 0. The fourth-order valence-electron chi connectivity index (χ4n) is 1.79. The summed E-state index contributed by atoms with van der Waals surface area (Å²) >= 11 is 5.79.